The fourth-order valence-corrected chi connectivity index (χ4v) is 3.98. The number of methoxy groups -OCH3 is 1. The lowest BCUT2D eigenvalue weighted by atomic mass is 9.79. The molecule has 0 aliphatic carbocycles. The average molecular weight is 346 g/mol. The predicted molar refractivity (Wildman–Crippen MR) is 101 cm³/mol. The molecule has 5 heteroatoms. The summed E-state index contributed by atoms with van der Waals surface area (Å²) < 4.78 is 5.13. The summed E-state index contributed by atoms with van der Waals surface area (Å²) in [5.41, 5.74) is 1.22. The molecule has 1 aromatic carbocycles. The summed E-state index contributed by atoms with van der Waals surface area (Å²) in [6.45, 7) is 9.67. The fraction of sp³-hybridized carbons (Fsp3) is 0.600. The van der Waals surface area contributed by atoms with Crippen molar-refractivity contribution in [2.75, 3.05) is 13.7 Å². The van der Waals surface area contributed by atoms with Crippen molar-refractivity contribution in [1.29, 1.82) is 0 Å². The first kappa shape index (κ1) is 19.4. The van der Waals surface area contributed by atoms with Crippen LogP contribution in [0.2, 0.25) is 0 Å². The largest absolute Gasteiger partial charge is 0.497 e. The van der Waals surface area contributed by atoms with E-state index in [-0.39, 0.29) is 21.7 Å². The van der Waals surface area contributed by atoms with Crippen LogP contribution in [0.15, 0.2) is 30.0 Å². The van der Waals surface area contributed by atoms with E-state index in [0.717, 1.165) is 24.2 Å². The van der Waals surface area contributed by atoms with Gasteiger partial charge in [-0.3, -0.25) is 15.0 Å². The van der Waals surface area contributed by atoms with E-state index >= 15 is 0 Å². The van der Waals surface area contributed by atoms with E-state index in [0.29, 0.717) is 13.0 Å². The Labute approximate surface area is 150 Å². The maximum absolute atomic E-state index is 11.5. The summed E-state index contributed by atoms with van der Waals surface area (Å²) in [6, 6.07) is 7.33. The van der Waals surface area contributed by atoms with Gasteiger partial charge in [0, 0.05) is 23.7 Å². The number of nitrogens with zero attached hydrogens (tertiary/aromatic N) is 2. The Bertz CT molecular complexity index is 617. The van der Waals surface area contributed by atoms with Crippen molar-refractivity contribution < 1.29 is 9.66 Å². The van der Waals surface area contributed by atoms with Crippen LogP contribution < -0.4 is 4.74 Å². The molecule has 0 amide bonds. The molecule has 0 unspecified atom stereocenters. The molecule has 0 saturated carbocycles. The van der Waals surface area contributed by atoms with Crippen LogP contribution in [-0.4, -0.2) is 34.6 Å². The van der Waals surface area contributed by atoms with E-state index in [4.69, 9.17) is 4.74 Å². The third-order valence-corrected chi connectivity index (χ3v) is 5.31. The van der Waals surface area contributed by atoms with E-state index in [9.17, 15) is 10.1 Å². The van der Waals surface area contributed by atoms with Crippen molar-refractivity contribution in [3.63, 3.8) is 0 Å². The number of ether oxygens (including phenoxy) is 1. The standard InChI is InChI=1S/C20H30N2O3/c1-19(2)12-6-13-20(3,4)21(19)14-11-17(22(23)24)15-16-7-9-18(25-5)10-8-16/h7-10,15H,6,11-14H2,1-5H3/b17-15+. The smallest absolute Gasteiger partial charge is 0.248 e. The topological polar surface area (TPSA) is 55.6 Å². The average Bonchev–Trinajstić information content (AvgIpc) is 2.52. The van der Waals surface area contributed by atoms with Crippen LogP contribution in [0.5, 0.6) is 5.75 Å². The number of piperidine rings is 1. The second kappa shape index (κ2) is 7.56. The first-order valence-electron chi connectivity index (χ1n) is 8.92. The van der Waals surface area contributed by atoms with E-state index in [1.165, 1.54) is 6.42 Å². The molecule has 1 fully saturated rings. The fourth-order valence-electron chi connectivity index (χ4n) is 3.98. The highest BCUT2D eigenvalue weighted by atomic mass is 16.6. The van der Waals surface area contributed by atoms with E-state index in [2.05, 4.69) is 32.6 Å². The summed E-state index contributed by atoms with van der Waals surface area (Å²) in [6.07, 6.45) is 5.58. The molecule has 0 radical (unpaired) electrons. The Balaban J connectivity index is 2.15. The first-order chi connectivity index (χ1) is 11.7. The van der Waals surface area contributed by atoms with E-state index in [1.54, 1.807) is 13.2 Å². The number of hydrogen-bond donors (Lipinski definition) is 0. The van der Waals surface area contributed by atoms with Crippen LogP contribution in [0, 0.1) is 10.1 Å². The molecular formula is C20H30N2O3. The van der Waals surface area contributed by atoms with Gasteiger partial charge >= 0.3 is 0 Å². The lowest BCUT2D eigenvalue weighted by Gasteiger charge is -2.53. The Hall–Kier alpha value is -1.88. The van der Waals surface area contributed by atoms with Gasteiger partial charge < -0.3 is 4.74 Å². The van der Waals surface area contributed by atoms with Crippen LogP contribution in [0.4, 0.5) is 0 Å². The number of nitro groups is 1. The van der Waals surface area contributed by atoms with E-state index < -0.39 is 0 Å². The van der Waals surface area contributed by atoms with Gasteiger partial charge in [0.1, 0.15) is 5.75 Å². The Morgan fingerprint density at radius 3 is 2.24 bits per heavy atom. The zero-order valence-corrected chi connectivity index (χ0v) is 16.0. The SMILES string of the molecule is COc1ccc(/C=C(\CCN2C(C)(C)CCCC2(C)C)[N+](=O)[O-])cc1. The van der Waals surface area contributed by atoms with Crippen molar-refractivity contribution in [3.05, 3.63) is 45.6 Å². The van der Waals surface area contributed by atoms with Crippen molar-refractivity contribution >= 4 is 6.08 Å². The molecule has 0 N–H and O–H groups in total. The highest BCUT2D eigenvalue weighted by molar-refractivity contribution is 5.52. The third-order valence-electron chi connectivity index (χ3n) is 5.31. The molecule has 0 aromatic heterocycles. The lowest BCUT2D eigenvalue weighted by molar-refractivity contribution is -0.426. The third kappa shape index (κ3) is 4.82. The molecule has 0 atom stereocenters. The van der Waals surface area contributed by atoms with Gasteiger partial charge in [-0.25, -0.2) is 0 Å². The molecular weight excluding hydrogens is 316 g/mol. The molecule has 25 heavy (non-hydrogen) atoms. The summed E-state index contributed by atoms with van der Waals surface area (Å²) in [5, 5.41) is 11.5. The molecule has 2 rings (SSSR count). The van der Waals surface area contributed by atoms with Crippen LogP contribution >= 0.6 is 0 Å². The minimum atomic E-state index is -0.256. The van der Waals surface area contributed by atoms with Gasteiger partial charge in [-0.15, -0.1) is 0 Å². The second-order valence-corrected chi connectivity index (χ2v) is 8.05. The zero-order chi connectivity index (χ0) is 18.7. The molecule has 0 bridgehead atoms. The van der Waals surface area contributed by atoms with Gasteiger partial charge in [-0.2, -0.15) is 0 Å². The van der Waals surface area contributed by atoms with Crippen LogP contribution in [0.3, 0.4) is 0 Å². The van der Waals surface area contributed by atoms with E-state index in [1.807, 2.05) is 24.3 Å². The Kier molecular flexibility index (Phi) is 5.88. The minimum absolute atomic E-state index is 0.0730. The molecule has 5 nitrogen and oxygen atoms in total. The second-order valence-electron chi connectivity index (χ2n) is 8.05. The van der Waals surface area contributed by atoms with Crippen molar-refractivity contribution in [1.82, 2.24) is 4.90 Å². The molecule has 0 spiro atoms. The Morgan fingerprint density at radius 2 is 1.76 bits per heavy atom. The van der Waals surface area contributed by atoms with Gasteiger partial charge in [-0.05, 0) is 64.7 Å². The van der Waals surface area contributed by atoms with Crippen LogP contribution in [0.1, 0.15) is 58.9 Å². The number of rotatable bonds is 6. The summed E-state index contributed by atoms with van der Waals surface area (Å²) >= 11 is 0. The Morgan fingerprint density at radius 1 is 1.20 bits per heavy atom. The zero-order valence-electron chi connectivity index (χ0n) is 16.0. The highest BCUT2D eigenvalue weighted by Gasteiger charge is 2.41. The lowest BCUT2D eigenvalue weighted by Crippen LogP contribution is -2.58. The predicted octanol–water partition coefficient (Wildman–Crippen LogP) is 4.75. The van der Waals surface area contributed by atoms with Gasteiger partial charge in [0.05, 0.1) is 18.5 Å². The number of hydrogen-bond acceptors (Lipinski definition) is 4. The summed E-state index contributed by atoms with van der Waals surface area (Å²) in [5.74, 6) is 0.747. The van der Waals surface area contributed by atoms with Crippen molar-refractivity contribution in [2.45, 2.75) is 64.5 Å². The maximum atomic E-state index is 11.5. The summed E-state index contributed by atoms with van der Waals surface area (Å²) in [7, 11) is 1.61. The van der Waals surface area contributed by atoms with Gasteiger partial charge in [0.2, 0.25) is 5.70 Å². The molecule has 1 aliphatic heterocycles. The van der Waals surface area contributed by atoms with Crippen molar-refractivity contribution in [3.8, 4) is 5.75 Å². The minimum Gasteiger partial charge on any atom is -0.497 e. The monoisotopic (exact) mass is 346 g/mol. The normalized spacial score (nSPS) is 20.3. The quantitative estimate of drug-likeness (QED) is 0.551. The van der Waals surface area contributed by atoms with Gasteiger partial charge in [0.15, 0.2) is 0 Å². The van der Waals surface area contributed by atoms with Crippen LogP contribution in [0.25, 0.3) is 6.08 Å². The summed E-state index contributed by atoms with van der Waals surface area (Å²) in [4.78, 5) is 13.7. The number of likely N-dealkylation sites (tertiary alicyclic amines) is 1. The van der Waals surface area contributed by atoms with Crippen LogP contribution in [-0.2, 0) is 0 Å². The first-order valence-corrected chi connectivity index (χ1v) is 8.92. The molecule has 1 aromatic rings. The number of benzene rings is 1. The van der Waals surface area contributed by atoms with Gasteiger partial charge in [0.25, 0.3) is 0 Å². The van der Waals surface area contributed by atoms with Crippen molar-refractivity contribution in [2.24, 2.45) is 0 Å². The molecule has 1 heterocycles. The van der Waals surface area contributed by atoms with Gasteiger partial charge in [-0.1, -0.05) is 12.1 Å². The molecule has 138 valence electrons. The highest BCUT2D eigenvalue weighted by Crippen LogP contribution is 2.38. The maximum Gasteiger partial charge on any atom is 0.248 e. The molecule has 1 saturated heterocycles. The molecule has 1 aliphatic rings.